The molecular formula is C37H43N9O9. The monoisotopic (exact) mass is 757 g/mol. The van der Waals surface area contributed by atoms with Crippen LogP contribution in [-0.4, -0.2) is 137 Å². The fraction of sp³-hybridized carbons (Fsp3) is 0.459. The molecule has 18 heteroatoms. The second kappa shape index (κ2) is 17.6. The van der Waals surface area contributed by atoms with Crippen LogP contribution in [0.2, 0.25) is 0 Å². The van der Waals surface area contributed by atoms with Crippen molar-refractivity contribution in [1.82, 2.24) is 34.7 Å². The molecule has 1 aromatic carbocycles. The summed E-state index contributed by atoms with van der Waals surface area (Å²) in [6.45, 7) is 4.89. The van der Waals surface area contributed by atoms with E-state index < -0.39 is 29.7 Å². The number of nitrogens with one attached hydrogen (secondary N) is 2. The molecule has 4 aromatic rings. The molecule has 0 bridgehead atoms. The van der Waals surface area contributed by atoms with Gasteiger partial charge in [0.2, 0.25) is 17.7 Å². The second-order valence-electron chi connectivity index (χ2n) is 13.2. The highest BCUT2D eigenvalue weighted by Gasteiger charge is 2.45. The smallest absolute Gasteiger partial charge is 0.264 e. The number of benzene rings is 1. The number of aryl methyl sites for hydroxylation is 2. The first-order valence-electron chi connectivity index (χ1n) is 18.4. The number of imide groups is 2. The topological polar surface area (TPSA) is 203 Å². The average molecular weight is 758 g/mol. The van der Waals surface area contributed by atoms with Crippen LogP contribution in [0, 0.1) is 0 Å². The van der Waals surface area contributed by atoms with E-state index in [2.05, 4.69) is 30.7 Å². The molecular weight excluding hydrogens is 714 g/mol. The molecule has 290 valence electrons. The van der Waals surface area contributed by atoms with E-state index in [1.54, 1.807) is 30.8 Å². The van der Waals surface area contributed by atoms with Gasteiger partial charge in [0.25, 0.3) is 11.8 Å². The van der Waals surface area contributed by atoms with Gasteiger partial charge in [0.15, 0.2) is 5.65 Å². The van der Waals surface area contributed by atoms with Crippen molar-refractivity contribution in [2.24, 2.45) is 0 Å². The van der Waals surface area contributed by atoms with Crippen LogP contribution in [0.3, 0.4) is 0 Å². The number of nitrogens with zero attached hydrogens (tertiary/aromatic N) is 7. The minimum absolute atomic E-state index is 0.0460. The van der Waals surface area contributed by atoms with Gasteiger partial charge in [-0.3, -0.25) is 38.6 Å². The summed E-state index contributed by atoms with van der Waals surface area (Å²) in [5.41, 5.74) is 2.52. The largest absolute Gasteiger partial charge is 0.469 e. The van der Waals surface area contributed by atoms with Crippen LogP contribution in [-0.2, 0) is 41.4 Å². The number of fused-ring (bicyclic) bond motifs is 2. The highest BCUT2D eigenvalue weighted by atomic mass is 16.5. The Bertz CT molecular complexity index is 2010. The number of ether oxygens (including phenoxy) is 3. The van der Waals surface area contributed by atoms with Crippen LogP contribution >= 0.6 is 0 Å². The van der Waals surface area contributed by atoms with E-state index in [-0.39, 0.29) is 36.3 Å². The molecule has 0 spiro atoms. The molecule has 2 N–H and O–H groups in total. The Balaban J connectivity index is 0.732. The molecule has 18 nitrogen and oxygen atoms in total. The van der Waals surface area contributed by atoms with Crippen molar-refractivity contribution in [3.05, 3.63) is 71.8 Å². The number of furan rings is 1. The van der Waals surface area contributed by atoms with Crippen LogP contribution in [0.15, 0.2) is 53.5 Å². The summed E-state index contributed by atoms with van der Waals surface area (Å²) in [6, 6.07) is 7.70. The number of hydrogen-bond acceptors (Lipinski definition) is 14. The Morgan fingerprint density at radius 2 is 1.69 bits per heavy atom. The number of piperidine rings is 1. The molecule has 7 rings (SSSR count). The lowest BCUT2D eigenvalue weighted by atomic mass is 10.0. The lowest BCUT2D eigenvalue weighted by Gasteiger charge is -2.36. The first-order chi connectivity index (χ1) is 26.9. The zero-order valence-corrected chi connectivity index (χ0v) is 30.3. The van der Waals surface area contributed by atoms with E-state index in [0.29, 0.717) is 84.5 Å². The summed E-state index contributed by atoms with van der Waals surface area (Å²) in [6.07, 6.45) is 7.05. The van der Waals surface area contributed by atoms with Crippen molar-refractivity contribution in [1.29, 1.82) is 0 Å². The van der Waals surface area contributed by atoms with E-state index in [4.69, 9.17) is 18.6 Å². The van der Waals surface area contributed by atoms with Crippen LogP contribution in [0.25, 0.3) is 5.65 Å². The average Bonchev–Trinajstić information content (AvgIpc) is 3.96. The van der Waals surface area contributed by atoms with Gasteiger partial charge in [-0.15, -0.1) is 10.2 Å². The second-order valence-corrected chi connectivity index (χ2v) is 13.2. The fourth-order valence-corrected chi connectivity index (χ4v) is 6.93. The van der Waals surface area contributed by atoms with Gasteiger partial charge in [0.05, 0.1) is 69.6 Å². The standard InChI is InChI=1S/C37H43N9O9/c47-31-9-7-28(35(49)41-31)46-36(50)26-4-1-5-27(33(26)37(46)51)38-11-18-53-20-22-54-21-19-52-17-10-32(48)44-14-12-43(13-15-44)29-23-39-30(45-24-40-42-34(29)45)8-6-25-3-2-16-55-25/h1-5,16,23-24,28,38H,6-15,17-22H2,(H,41,47,49). The quantitative estimate of drug-likeness (QED) is 0.108. The maximum absolute atomic E-state index is 13.2. The van der Waals surface area contributed by atoms with Crippen molar-refractivity contribution in [3.63, 3.8) is 0 Å². The third-order valence-electron chi connectivity index (χ3n) is 9.77. The zero-order valence-electron chi connectivity index (χ0n) is 30.3. The Morgan fingerprint density at radius 3 is 2.45 bits per heavy atom. The van der Waals surface area contributed by atoms with Crippen LogP contribution < -0.4 is 15.5 Å². The van der Waals surface area contributed by atoms with Gasteiger partial charge in [0, 0.05) is 57.7 Å². The molecule has 0 saturated carbocycles. The van der Waals surface area contributed by atoms with Gasteiger partial charge >= 0.3 is 0 Å². The molecule has 1 unspecified atom stereocenters. The van der Waals surface area contributed by atoms with Crippen LogP contribution in [0.4, 0.5) is 11.4 Å². The molecule has 5 amide bonds. The predicted molar refractivity (Wildman–Crippen MR) is 194 cm³/mol. The van der Waals surface area contributed by atoms with E-state index in [9.17, 15) is 24.0 Å². The summed E-state index contributed by atoms with van der Waals surface area (Å²) in [5.74, 6) is -0.394. The normalized spacial score (nSPS) is 17.3. The van der Waals surface area contributed by atoms with Gasteiger partial charge < -0.3 is 33.7 Å². The highest BCUT2D eigenvalue weighted by Crippen LogP contribution is 2.32. The SMILES string of the molecule is O=C1CCC(N2C(=O)c3cccc(NCCOCCOCCOCCC(=O)N4CCN(c5cnc(CCc6ccco6)n6cnnc56)CC4)c3C2=O)C(=O)N1. The van der Waals surface area contributed by atoms with Crippen molar-refractivity contribution in [2.75, 3.05) is 82.6 Å². The van der Waals surface area contributed by atoms with Crippen molar-refractivity contribution in [2.45, 2.75) is 38.1 Å². The lowest BCUT2D eigenvalue weighted by molar-refractivity contribution is -0.136. The van der Waals surface area contributed by atoms with Gasteiger partial charge in [-0.2, -0.15) is 0 Å². The lowest BCUT2D eigenvalue weighted by Crippen LogP contribution is -2.54. The molecule has 3 aliphatic heterocycles. The van der Waals surface area contributed by atoms with Crippen molar-refractivity contribution in [3.8, 4) is 0 Å². The van der Waals surface area contributed by atoms with Crippen molar-refractivity contribution < 1.29 is 42.6 Å². The minimum Gasteiger partial charge on any atom is -0.469 e. The summed E-state index contributed by atoms with van der Waals surface area (Å²) in [7, 11) is 0. The maximum atomic E-state index is 13.2. The summed E-state index contributed by atoms with van der Waals surface area (Å²) in [5, 5.41) is 13.8. The molecule has 0 radical (unpaired) electrons. The number of amides is 5. The number of aromatic nitrogens is 4. The van der Waals surface area contributed by atoms with Gasteiger partial charge in [-0.05, 0) is 30.7 Å². The Labute approximate surface area is 316 Å². The molecule has 3 aromatic heterocycles. The fourth-order valence-electron chi connectivity index (χ4n) is 6.93. The molecule has 3 aliphatic rings. The predicted octanol–water partition coefficient (Wildman–Crippen LogP) is 1.10. The Kier molecular flexibility index (Phi) is 12.0. The molecule has 0 aliphatic carbocycles. The highest BCUT2D eigenvalue weighted by molar-refractivity contribution is 6.25. The number of hydrogen-bond donors (Lipinski definition) is 2. The molecule has 2 saturated heterocycles. The van der Waals surface area contributed by atoms with E-state index in [1.165, 1.54) is 0 Å². The summed E-state index contributed by atoms with van der Waals surface area (Å²) >= 11 is 0. The van der Waals surface area contributed by atoms with E-state index in [0.717, 1.165) is 34.2 Å². The first-order valence-corrected chi connectivity index (χ1v) is 18.4. The summed E-state index contributed by atoms with van der Waals surface area (Å²) in [4.78, 5) is 72.6. The van der Waals surface area contributed by atoms with Crippen LogP contribution in [0.5, 0.6) is 0 Å². The maximum Gasteiger partial charge on any atom is 0.264 e. The van der Waals surface area contributed by atoms with Gasteiger partial charge in [-0.25, -0.2) is 4.98 Å². The third-order valence-corrected chi connectivity index (χ3v) is 9.77. The Morgan fingerprint density at radius 1 is 0.909 bits per heavy atom. The Hall–Kier alpha value is -5.72. The first kappa shape index (κ1) is 37.6. The van der Waals surface area contributed by atoms with E-state index in [1.807, 2.05) is 27.6 Å². The summed E-state index contributed by atoms with van der Waals surface area (Å²) < 4.78 is 24.2. The number of anilines is 2. The minimum atomic E-state index is -1.02. The van der Waals surface area contributed by atoms with Gasteiger partial charge in [0.1, 0.15) is 29.6 Å². The number of carbonyl (C=O) groups excluding carboxylic acids is 5. The number of rotatable bonds is 18. The number of carbonyl (C=O) groups is 5. The number of piperazine rings is 1. The zero-order chi connectivity index (χ0) is 38.1. The molecule has 6 heterocycles. The molecule has 1 atom stereocenters. The van der Waals surface area contributed by atoms with Gasteiger partial charge in [-0.1, -0.05) is 6.07 Å². The van der Waals surface area contributed by atoms with Crippen molar-refractivity contribution >= 4 is 46.6 Å². The van der Waals surface area contributed by atoms with Crippen LogP contribution in [0.1, 0.15) is 51.6 Å². The van der Waals surface area contributed by atoms with E-state index >= 15 is 0 Å². The molecule has 55 heavy (non-hydrogen) atoms. The molecule has 2 fully saturated rings. The third kappa shape index (κ3) is 8.66.